The minimum atomic E-state index is 0.500. The van der Waals surface area contributed by atoms with Gasteiger partial charge in [0.25, 0.3) is 0 Å². The molecule has 0 spiro atoms. The third-order valence-corrected chi connectivity index (χ3v) is 16.3. The molecule has 0 radical (unpaired) electrons. The molecule has 1 saturated carbocycles. The number of hydrogen-bond acceptors (Lipinski definition) is 0. The average molecular weight is 1360 g/mol. The average Bonchev–Trinajstić information content (AvgIpc) is 4.15. The molecule has 0 aromatic heterocycles. The monoisotopic (exact) mass is 1360 g/mol. The molecule has 0 bridgehead atoms. The van der Waals surface area contributed by atoms with Crippen LogP contribution in [0, 0.1) is 92.7 Å². The van der Waals surface area contributed by atoms with E-state index >= 15 is 0 Å². The topological polar surface area (TPSA) is 0 Å². The van der Waals surface area contributed by atoms with Gasteiger partial charge >= 0.3 is 0 Å². The Morgan fingerprint density at radius 2 is 0.579 bits per heavy atom. The van der Waals surface area contributed by atoms with E-state index in [2.05, 4.69) is 346 Å². The summed E-state index contributed by atoms with van der Waals surface area (Å²) < 4.78 is 0. The Balaban J connectivity index is -0.0000000501. The van der Waals surface area contributed by atoms with Gasteiger partial charge < -0.3 is 0 Å². The fourth-order valence-electron chi connectivity index (χ4n) is 5.84. The van der Waals surface area contributed by atoms with Crippen LogP contribution in [0.5, 0.6) is 0 Å². The molecule has 0 heteroatoms. The lowest BCUT2D eigenvalue weighted by atomic mass is 9.88. The standard InChI is InChI=1S/6C7H16.C6H12.4C6H14.2C5H12.2C4H10.C3H8.C2H6/c1-6(2)5-7(3)4;1-5-7(3,4)6-2;1-5-7(4)6(2)3;1-4-5-6-7(2)3;1-4-6-7(3)5-2;1-4-7(5-2)6-3;1-6-4-2-3-5-6;2*1-5-6(2,3)4;1-4-5-6(2)3;1-4-6(3)5-2;1-5(2,3)4;1-4-5(2)3;1-4(2)3;1-3-4-2;1-3-2;1-2/h6-7H,5H2,1-4H3;5-6H2,1-4H3;6-7H,5H2,1-4H3;3*7H,4-6H2,1-3H3;6H,2-5H2,1H3;2*5H2,1-4H3;2*6H,4-5H2,1-3H3;1-4H3;5H,4H2,1-3H3;4H,1-3H3;3-4H2,1-2H3;3H2,1-2H3;1-2H3/t;;7-;;7-;;;;;;;;;;;;/m..0.1............/s1. The molecule has 0 aromatic carbocycles. The lowest BCUT2D eigenvalue weighted by Gasteiger charge is -2.18. The second-order valence-electron chi connectivity index (χ2n) is 36.0. The maximum Gasteiger partial charge on any atom is -0.0359 e. The van der Waals surface area contributed by atoms with Gasteiger partial charge in [0, 0.05) is 0 Å². The first-order valence-corrected chi connectivity index (χ1v) is 43.3. The Morgan fingerprint density at radius 1 is 0.316 bits per heavy atom. The third kappa shape index (κ3) is 273. The first-order chi connectivity index (χ1) is 43.3. The van der Waals surface area contributed by atoms with Crippen LogP contribution in [0.4, 0.5) is 0 Å². The summed E-state index contributed by atoms with van der Waals surface area (Å²) in [4.78, 5) is 0. The summed E-state index contributed by atoms with van der Waals surface area (Å²) in [6, 6.07) is 0. The summed E-state index contributed by atoms with van der Waals surface area (Å²) in [5.41, 5.74) is 2.17. The third-order valence-electron chi connectivity index (χ3n) is 16.3. The van der Waals surface area contributed by atoms with E-state index in [0.717, 1.165) is 71.0 Å². The molecule has 0 amide bonds. The predicted molar refractivity (Wildman–Crippen MR) is 471 cm³/mol. The predicted octanol–water partition coefficient (Wildman–Crippen LogP) is 38.7. The first kappa shape index (κ1) is 135. The summed E-state index contributed by atoms with van der Waals surface area (Å²) >= 11 is 0. The van der Waals surface area contributed by atoms with E-state index in [9.17, 15) is 0 Å². The molecule has 0 unspecified atom stereocenters. The van der Waals surface area contributed by atoms with Crippen molar-refractivity contribution in [1.82, 2.24) is 0 Å². The highest BCUT2D eigenvalue weighted by molar-refractivity contribution is 4.62. The van der Waals surface area contributed by atoms with Crippen LogP contribution in [0.15, 0.2) is 0 Å². The van der Waals surface area contributed by atoms with Crippen LogP contribution in [0.2, 0.25) is 0 Å². The largest absolute Gasteiger partial charge is 0.0683 e. The fraction of sp³-hybridized carbons (Fsp3) is 1.00. The van der Waals surface area contributed by atoms with Gasteiger partial charge in [-0.2, -0.15) is 0 Å². The van der Waals surface area contributed by atoms with E-state index in [-0.39, 0.29) is 0 Å². The molecular formula is C95H222. The molecule has 95 heavy (non-hydrogen) atoms. The van der Waals surface area contributed by atoms with Crippen LogP contribution in [-0.4, -0.2) is 0 Å². The zero-order chi connectivity index (χ0) is 80.0. The second kappa shape index (κ2) is 107. The molecule has 0 nitrogen and oxygen atoms in total. The van der Waals surface area contributed by atoms with E-state index in [1.54, 1.807) is 0 Å². The minimum absolute atomic E-state index is 0.500. The van der Waals surface area contributed by atoms with Crippen LogP contribution in [-0.2, 0) is 0 Å². The van der Waals surface area contributed by atoms with Gasteiger partial charge in [-0.05, 0) is 99.1 Å². The molecule has 0 heterocycles. The van der Waals surface area contributed by atoms with E-state index in [4.69, 9.17) is 0 Å². The number of unbranched alkanes of at least 4 members (excludes halogenated alkanes) is 2. The SMILES string of the molecule is CC.CC(C)(C)C.CC(C)C.CC(C)CC(C)C.CC1CCCC1.CCC.CCC(C)(C)C.CCC(C)(C)C.CCC(C)(C)CC.CCC(C)C.CCC(C)CC.CCC(CC)CC.CCCC.CCCC(C)C.CCCCC(C)C.CCC[C@H](C)CC.CC[C@H](C)C(C)C. The maximum atomic E-state index is 2.34. The Labute approximate surface area is 622 Å². The van der Waals surface area contributed by atoms with E-state index in [1.807, 2.05) is 13.8 Å². The Kier molecular flexibility index (Phi) is 152. The summed E-state index contributed by atoms with van der Waals surface area (Å²) in [5.74, 6) is 11.0. The summed E-state index contributed by atoms with van der Waals surface area (Å²) in [6.07, 6.45) is 36.6. The Morgan fingerprint density at radius 3 is 0.611 bits per heavy atom. The molecule has 2 atom stereocenters. The van der Waals surface area contributed by atoms with Crippen molar-refractivity contribution < 1.29 is 0 Å². The van der Waals surface area contributed by atoms with Gasteiger partial charge in [0.15, 0.2) is 0 Å². The molecule has 0 N–H and O–H groups in total. The van der Waals surface area contributed by atoms with Gasteiger partial charge in [-0.1, -0.05) is 527 Å². The molecule has 1 aliphatic carbocycles. The highest BCUT2D eigenvalue weighted by Gasteiger charge is 2.10. The molecule has 0 aliphatic heterocycles. The minimum Gasteiger partial charge on any atom is -0.0683 e. The van der Waals surface area contributed by atoms with Gasteiger partial charge in [0.05, 0.1) is 0 Å². The van der Waals surface area contributed by atoms with Crippen LogP contribution >= 0.6 is 0 Å². The summed E-state index contributed by atoms with van der Waals surface area (Å²) in [5, 5.41) is 0. The molecule has 1 rings (SSSR count). The lowest BCUT2D eigenvalue weighted by Crippen LogP contribution is -2.05. The van der Waals surface area contributed by atoms with Crippen LogP contribution < -0.4 is 0 Å². The Bertz CT molecular complexity index is 1020. The Hall–Kier alpha value is 0. The van der Waals surface area contributed by atoms with Crippen molar-refractivity contribution in [2.75, 3.05) is 0 Å². The molecule has 1 aliphatic rings. The zero-order valence-electron chi connectivity index (χ0n) is 80.0. The second-order valence-corrected chi connectivity index (χ2v) is 36.0. The van der Waals surface area contributed by atoms with Crippen molar-refractivity contribution in [3.8, 4) is 0 Å². The van der Waals surface area contributed by atoms with Crippen LogP contribution in [0.25, 0.3) is 0 Å². The van der Waals surface area contributed by atoms with Crippen molar-refractivity contribution in [3.05, 3.63) is 0 Å². The molecule has 0 saturated heterocycles. The summed E-state index contributed by atoms with van der Waals surface area (Å²) in [6.45, 7) is 116. The van der Waals surface area contributed by atoms with Gasteiger partial charge in [0.2, 0.25) is 0 Å². The van der Waals surface area contributed by atoms with Crippen LogP contribution in [0.1, 0.15) is 533 Å². The molecule has 1 fully saturated rings. The van der Waals surface area contributed by atoms with Crippen molar-refractivity contribution >= 4 is 0 Å². The lowest BCUT2D eigenvalue weighted by molar-refractivity contribution is 0.338. The highest BCUT2D eigenvalue weighted by Crippen LogP contribution is 2.24. The van der Waals surface area contributed by atoms with E-state index in [0.29, 0.717) is 21.7 Å². The van der Waals surface area contributed by atoms with E-state index < -0.39 is 0 Å². The molecule has 0 aromatic rings. The summed E-state index contributed by atoms with van der Waals surface area (Å²) in [7, 11) is 0. The molecular weight excluding hydrogens is 1140 g/mol. The van der Waals surface area contributed by atoms with Crippen molar-refractivity contribution in [3.63, 3.8) is 0 Å². The molecule has 602 valence electrons. The normalized spacial score (nSPS) is 11.8. The van der Waals surface area contributed by atoms with Crippen LogP contribution in [0.3, 0.4) is 0 Å². The van der Waals surface area contributed by atoms with Gasteiger partial charge in [-0.3, -0.25) is 0 Å². The number of hydrogen-bond donors (Lipinski definition) is 0. The number of rotatable bonds is 21. The van der Waals surface area contributed by atoms with Crippen molar-refractivity contribution in [1.29, 1.82) is 0 Å². The highest BCUT2D eigenvalue weighted by atomic mass is 14.2. The maximum absolute atomic E-state index is 2.34. The van der Waals surface area contributed by atoms with Gasteiger partial charge in [-0.25, -0.2) is 0 Å². The van der Waals surface area contributed by atoms with Gasteiger partial charge in [0.1, 0.15) is 0 Å². The van der Waals surface area contributed by atoms with Crippen molar-refractivity contribution in [2.45, 2.75) is 533 Å². The van der Waals surface area contributed by atoms with E-state index in [1.165, 1.54) is 173 Å². The zero-order valence-corrected chi connectivity index (χ0v) is 80.0. The van der Waals surface area contributed by atoms with Gasteiger partial charge in [-0.15, -0.1) is 0 Å². The fourth-order valence-corrected chi connectivity index (χ4v) is 5.84. The smallest absolute Gasteiger partial charge is 0.0359 e. The quantitative estimate of drug-likeness (QED) is 0.107. The van der Waals surface area contributed by atoms with Crippen molar-refractivity contribution in [2.24, 2.45) is 92.7 Å². The first-order valence-electron chi connectivity index (χ1n) is 43.3.